The molecule has 0 saturated carbocycles. The van der Waals surface area contributed by atoms with Crippen molar-refractivity contribution in [1.82, 2.24) is 9.78 Å². The van der Waals surface area contributed by atoms with Crippen LogP contribution in [0.5, 0.6) is 17.2 Å². The lowest BCUT2D eigenvalue weighted by molar-refractivity contribution is -0.123. The molecule has 1 unspecified atom stereocenters. The third kappa shape index (κ3) is 3.84. The number of rotatable bonds is 7. The smallest absolute Gasteiger partial charge is 0.251 e. The van der Waals surface area contributed by atoms with Crippen LogP contribution in [0.4, 0.5) is 11.5 Å². The Morgan fingerprint density at radius 3 is 2.41 bits per heavy atom. The van der Waals surface area contributed by atoms with E-state index in [9.17, 15) is 9.59 Å². The van der Waals surface area contributed by atoms with E-state index in [0.29, 0.717) is 23.0 Å². The lowest BCUT2D eigenvalue weighted by atomic mass is 10.1. The fraction of sp³-hybridized carbons (Fsp3) is 0.261. The molecule has 1 aliphatic rings. The van der Waals surface area contributed by atoms with Gasteiger partial charge in [0.25, 0.3) is 5.91 Å². The van der Waals surface area contributed by atoms with Gasteiger partial charge in [-0.3, -0.25) is 9.59 Å². The van der Waals surface area contributed by atoms with Crippen molar-refractivity contribution < 1.29 is 23.8 Å². The van der Waals surface area contributed by atoms with Gasteiger partial charge in [-0.1, -0.05) is 12.1 Å². The van der Waals surface area contributed by atoms with Crippen LogP contribution in [0.2, 0.25) is 0 Å². The van der Waals surface area contributed by atoms with Crippen LogP contribution in [0.25, 0.3) is 11.1 Å². The van der Waals surface area contributed by atoms with E-state index in [1.165, 1.54) is 14.2 Å². The third-order valence-corrected chi connectivity index (χ3v) is 5.36. The maximum Gasteiger partial charge on any atom is 0.251 e. The van der Waals surface area contributed by atoms with Crippen molar-refractivity contribution in [2.75, 3.05) is 32.0 Å². The highest BCUT2D eigenvalue weighted by Crippen LogP contribution is 2.39. The summed E-state index contributed by atoms with van der Waals surface area (Å²) in [5.41, 5.74) is 2.94. The average molecular weight is 436 g/mol. The zero-order valence-corrected chi connectivity index (χ0v) is 18.3. The fourth-order valence-electron chi connectivity index (χ4n) is 3.77. The molecule has 166 valence electrons. The van der Waals surface area contributed by atoms with Crippen LogP contribution in [0.1, 0.15) is 18.2 Å². The second-order valence-electron chi connectivity index (χ2n) is 7.31. The van der Waals surface area contributed by atoms with Gasteiger partial charge in [0.05, 0.1) is 39.1 Å². The van der Waals surface area contributed by atoms with Crippen molar-refractivity contribution in [3.8, 4) is 28.4 Å². The predicted octanol–water partition coefficient (Wildman–Crippen LogP) is 3.41. The number of aromatic nitrogens is 2. The van der Waals surface area contributed by atoms with Crippen molar-refractivity contribution >= 4 is 23.3 Å². The molecule has 1 aromatic heterocycles. The van der Waals surface area contributed by atoms with Crippen molar-refractivity contribution in [2.24, 2.45) is 0 Å². The molecule has 32 heavy (non-hydrogen) atoms. The molecule has 1 aliphatic heterocycles. The highest BCUT2D eigenvalue weighted by Gasteiger charge is 2.36. The van der Waals surface area contributed by atoms with Crippen LogP contribution in [-0.2, 0) is 9.59 Å². The molecule has 4 rings (SSSR count). The maximum absolute atomic E-state index is 12.8. The summed E-state index contributed by atoms with van der Waals surface area (Å²) >= 11 is 0. The minimum Gasteiger partial charge on any atom is -0.497 e. The largest absolute Gasteiger partial charge is 0.497 e. The van der Waals surface area contributed by atoms with Crippen LogP contribution < -0.4 is 24.8 Å². The van der Waals surface area contributed by atoms with Crippen LogP contribution in [0, 0.1) is 6.92 Å². The molecule has 2 N–H and O–H groups in total. The number of ether oxygens (including phenoxy) is 3. The molecule has 0 bridgehead atoms. The normalized spacial score (nSPS) is 14.5. The van der Waals surface area contributed by atoms with E-state index in [1.807, 2.05) is 31.2 Å². The Bertz CT molecular complexity index is 1170. The average Bonchev–Trinajstić information content (AvgIpc) is 3.27. The molecule has 1 atom stereocenters. The van der Waals surface area contributed by atoms with E-state index < -0.39 is 6.04 Å². The summed E-state index contributed by atoms with van der Waals surface area (Å²) in [6, 6.07) is 11.9. The first kappa shape index (κ1) is 21.2. The SMILES string of the molecule is COc1ccc(-c2c(C)nn3c2NC(=O)C3CC(=O)Nc2cc(OC)ccc2OC)cc1. The Morgan fingerprint density at radius 2 is 1.75 bits per heavy atom. The van der Waals surface area contributed by atoms with E-state index in [0.717, 1.165) is 22.6 Å². The first-order valence-corrected chi connectivity index (χ1v) is 10.0. The second kappa shape index (κ2) is 8.62. The van der Waals surface area contributed by atoms with Crippen LogP contribution in [0.3, 0.4) is 0 Å². The number of methoxy groups -OCH3 is 3. The predicted molar refractivity (Wildman–Crippen MR) is 119 cm³/mol. The number of nitrogens with zero attached hydrogens (tertiary/aromatic N) is 2. The molecule has 0 saturated heterocycles. The Labute approximate surface area is 185 Å². The van der Waals surface area contributed by atoms with Crippen molar-refractivity contribution in [1.29, 1.82) is 0 Å². The fourth-order valence-corrected chi connectivity index (χ4v) is 3.77. The Morgan fingerprint density at radius 1 is 1.06 bits per heavy atom. The van der Waals surface area contributed by atoms with Gasteiger partial charge in [-0.2, -0.15) is 5.10 Å². The summed E-state index contributed by atoms with van der Waals surface area (Å²) in [6.07, 6.45) is -0.0810. The van der Waals surface area contributed by atoms with Crippen molar-refractivity contribution in [3.05, 3.63) is 48.2 Å². The number of carbonyl (C=O) groups excluding carboxylic acids is 2. The standard InChI is InChI=1S/C23H24N4O5/c1-13-21(14-5-7-15(30-2)8-6-14)22-25-23(29)18(27(22)26-13)12-20(28)24-17-11-16(31-3)9-10-19(17)32-4/h5-11,18H,12H2,1-4H3,(H,24,28)(H,25,29). The molecule has 0 radical (unpaired) electrons. The van der Waals surface area contributed by atoms with E-state index in [2.05, 4.69) is 15.7 Å². The second-order valence-corrected chi connectivity index (χ2v) is 7.31. The van der Waals surface area contributed by atoms with E-state index >= 15 is 0 Å². The molecular weight excluding hydrogens is 412 g/mol. The van der Waals surface area contributed by atoms with E-state index in [1.54, 1.807) is 30.0 Å². The van der Waals surface area contributed by atoms with Gasteiger partial charge in [0.2, 0.25) is 5.91 Å². The summed E-state index contributed by atoms with van der Waals surface area (Å²) in [6.45, 7) is 1.87. The topological polar surface area (TPSA) is 104 Å². The number of hydrogen-bond acceptors (Lipinski definition) is 6. The van der Waals surface area contributed by atoms with Crippen LogP contribution in [0.15, 0.2) is 42.5 Å². The van der Waals surface area contributed by atoms with Gasteiger partial charge in [0.1, 0.15) is 29.1 Å². The van der Waals surface area contributed by atoms with Crippen molar-refractivity contribution in [2.45, 2.75) is 19.4 Å². The first-order valence-electron chi connectivity index (χ1n) is 10.0. The number of amides is 2. The van der Waals surface area contributed by atoms with Gasteiger partial charge < -0.3 is 24.8 Å². The molecule has 2 aromatic carbocycles. The number of nitrogens with one attached hydrogen (secondary N) is 2. The van der Waals surface area contributed by atoms with Crippen LogP contribution >= 0.6 is 0 Å². The number of hydrogen-bond donors (Lipinski definition) is 2. The quantitative estimate of drug-likeness (QED) is 0.588. The maximum atomic E-state index is 12.8. The minimum atomic E-state index is -0.757. The summed E-state index contributed by atoms with van der Waals surface area (Å²) in [5.74, 6) is 1.76. The lowest BCUT2D eigenvalue weighted by Gasteiger charge is -2.13. The molecule has 0 fully saturated rings. The molecule has 2 heterocycles. The summed E-state index contributed by atoms with van der Waals surface area (Å²) in [4.78, 5) is 25.5. The zero-order chi connectivity index (χ0) is 22.8. The number of fused-ring (bicyclic) bond motifs is 1. The first-order chi connectivity index (χ1) is 15.4. The summed E-state index contributed by atoms with van der Waals surface area (Å²) in [7, 11) is 4.66. The Balaban J connectivity index is 1.57. The molecular formula is C23H24N4O5. The van der Waals surface area contributed by atoms with Crippen molar-refractivity contribution in [3.63, 3.8) is 0 Å². The highest BCUT2D eigenvalue weighted by molar-refractivity contribution is 6.04. The highest BCUT2D eigenvalue weighted by atomic mass is 16.5. The van der Waals surface area contributed by atoms with E-state index in [-0.39, 0.29) is 18.2 Å². The Kier molecular flexibility index (Phi) is 5.72. The van der Waals surface area contributed by atoms with E-state index in [4.69, 9.17) is 14.2 Å². The minimum absolute atomic E-state index is 0.0810. The lowest BCUT2D eigenvalue weighted by Crippen LogP contribution is -2.24. The molecule has 2 amide bonds. The third-order valence-electron chi connectivity index (χ3n) is 5.36. The number of aryl methyl sites for hydroxylation is 1. The monoisotopic (exact) mass is 436 g/mol. The summed E-state index contributed by atoms with van der Waals surface area (Å²) < 4.78 is 17.3. The van der Waals surface area contributed by atoms with Gasteiger partial charge in [-0.25, -0.2) is 4.68 Å². The number of benzene rings is 2. The Hall–Kier alpha value is -4.01. The van der Waals surface area contributed by atoms with Gasteiger partial charge in [-0.05, 0) is 36.8 Å². The molecule has 9 heteroatoms. The van der Waals surface area contributed by atoms with Gasteiger partial charge in [0, 0.05) is 11.6 Å². The summed E-state index contributed by atoms with van der Waals surface area (Å²) in [5, 5.41) is 10.2. The van der Waals surface area contributed by atoms with Crippen LogP contribution in [-0.4, -0.2) is 42.9 Å². The van der Waals surface area contributed by atoms with Gasteiger partial charge in [-0.15, -0.1) is 0 Å². The molecule has 3 aromatic rings. The molecule has 0 aliphatic carbocycles. The van der Waals surface area contributed by atoms with Gasteiger partial charge in [0.15, 0.2) is 0 Å². The van der Waals surface area contributed by atoms with Gasteiger partial charge >= 0.3 is 0 Å². The zero-order valence-electron chi connectivity index (χ0n) is 18.3. The molecule has 0 spiro atoms. The number of anilines is 2. The number of carbonyl (C=O) groups is 2. The molecule has 9 nitrogen and oxygen atoms in total.